The summed E-state index contributed by atoms with van der Waals surface area (Å²) in [4.78, 5) is 0. The monoisotopic (exact) mass is 496 g/mol. The predicted molar refractivity (Wildman–Crippen MR) is 159 cm³/mol. The molecule has 5 heteroatoms. The minimum atomic E-state index is -0.0736. The van der Waals surface area contributed by atoms with Crippen LogP contribution in [0.1, 0.15) is 17.5 Å². The van der Waals surface area contributed by atoms with Gasteiger partial charge < -0.3 is 19.9 Å². The van der Waals surface area contributed by atoms with E-state index in [1.54, 1.807) is 14.2 Å². The Kier molecular flexibility index (Phi) is 5.51. The minimum Gasteiger partial charge on any atom is -0.497 e. The van der Waals surface area contributed by atoms with Crippen LogP contribution in [0.5, 0.6) is 11.5 Å². The van der Waals surface area contributed by atoms with Crippen LogP contribution in [-0.2, 0) is 12.8 Å². The van der Waals surface area contributed by atoms with E-state index in [0.717, 1.165) is 35.7 Å². The molecule has 0 atom stereocenters. The van der Waals surface area contributed by atoms with Gasteiger partial charge in [0.05, 0.1) is 14.2 Å². The van der Waals surface area contributed by atoms with Crippen molar-refractivity contribution in [2.75, 3.05) is 24.7 Å². The molecule has 38 heavy (non-hydrogen) atoms. The number of nitrogens with one attached hydrogen (secondary N) is 2. The number of ether oxygens (including phenoxy) is 2. The molecule has 0 saturated heterocycles. The van der Waals surface area contributed by atoms with Gasteiger partial charge in [0, 0.05) is 16.8 Å². The van der Waals surface area contributed by atoms with E-state index in [-0.39, 0.29) is 6.98 Å². The van der Waals surface area contributed by atoms with Crippen molar-refractivity contribution in [3.8, 4) is 33.8 Å². The molecule has 2 N–H and O–H groups in total. The second-order valence-electron chi connectivity index (χ2n) is 10.1. The van der Waals surface area contributed by atoms with Gasteiger partial charge in [0.1, 0.15) is 11.5 Å². The Morgan fingerprint density at radius 3 is 1.84 bits per heavy atom. The average molecular weight is 496 g/mol. The summed E-state index contributed by atoms with van der Waals surface area (Å²) < 4.78 is 10.9. The lowest BCUT2D eigenvalue weighted by Gasteiger charge is -2.30. The van der Waals surface area contributed by atoms with Gasteiger partial charge in [0.15, 0.2) is 0 Å². The van der Waals surface area contributed by atoms with Crippen molar-refractivity contribution >= 4 is 34.6 Å². The molecule has 186 valence electrons. The summed E-state index contributed by atoms with van der Waals surface area (Å²) >= 11 is 0. The van der Waals surface area contributed by atoms with Crippen molar-refractivity contribution in [2.24, 2.45) is 0 Å². The Morgan fingerprint density at radius 1 is 0.658 bits per heavy atom. The molecule has 1 aliphatic heterocycles. The fourth-order valence-electron chi connectivity index (χ4n) is 6.24. The zero-order chi connectivity index (χ0) is 25.6. The smallest absolute Gasteiger partial charge is 0.406 e. The lowest BCUT2D eigenvalue weighted by atomic mass is 9.61. The molecule has 1 aliphatic carbocycles. The first-order chi connectivity index (χ1) is 18.7. The lowest BCUT2D eigenvalue weighted by molar-refractivity contribution is 0.415. The van der Waals surface area contributed by atoms with Crippen LogP contribution in [0.3, 0.4) is 0 Å². The normalized spacial score (nSPS) is 13.6. The highest BCUT2D eigenvalue weighted by Crippen LogP contribution is 2.40. The Bertz CT molecular complexity index is 1620. The van der Waals surface area contributed by atoms with E-state index in [2.05, 4.69) is 101 Å². The summed E-state index contributed by atoms with van der Waals surface area (Å²) in [5.41, 5.74) is 11.6. The van der Waals surface area contributed by atoms with Crippen molar-refractivity contribution in [3.05, 3.63) is 102 Å². The summed E-state index contributed by atoms with van der Waals surface area (Å²) in [5.74, 6) is 1.75. The Balaban J connectivity index is 1.44. The van der Waals surface area contributed by atoms with Crippen LogP contribution in [0, 0.1) is 0 Å². The first kappa shape index (κ1) is 22.8. The number of anilines is 2. The third-order valence-corrected chi connectivity index (χ3v) is 8.03. The number of benzene rings is 5. The van der Waals surface area contributed by atoms with Crippen LogP contribution in [0.4, 0.5) is 11.4 Å². The molecule has 2 aliphatic rings. The molecule has 0 spiro atoms. The highest BCUT2D eigenvalue weighted by atomic mass is 16.5. The molecular formula is C33H29BN2O2. The maximum atomic E-state index is 5.48. The van der Waals surface area contributed by atoms with Crippen LogP contribution in [0.25, 0.3) is 33.0 Å². The summed E-state index contributed by atoms with van der Waals surface area (Å²) in [6.45, 7) is -0.0736. The maximum absolute atomic E-state index is 5.48. The van der Waals surface area contributed by atoms with Crippen LogP contribution in [0.2, 0.25) is 0 Å². The molecule has 0 unspecified atom stereocenters. The highest BCUT2D eigenvalue weighted by Gasteiger charge is 2.32. The molecule has 1 heterocycles. The van der Waals surface area contributed by atoms with Crippen LogP contribution >= 0.6 is 0 Å². The molecular weight excluding hydrogens is 467 g/mol. The van der Waals surface area contributed by atoms with E-state index in [1.807, 2.05) is 0 Å². The SMILES string of the molecule is COc1ccc(-c2cc(B3Nc4cccc5cccc(c45)N3)c(-c3ccc(OC)cc3)c3c2CCC3)cc1. The van der Waals surface area contributed by atoms with Gasteiger partial charge in [-0.25, -0.2) is 0 Å². The molecule has 0 fully saturated rings. The second kappa shape index (κ2) is 9.18. The van der Waals surface area contributed by atoms with Crippen molar-refractivity contribution < 1.29 is 9.47 Å². The quantitative estimate of drug-likeness (QED) is 0.260. The van der Waals surface area contributed by atoms with Gasteiger partial charge in [0.2, 0.25) is 0 Å². The molecule has 0 bridgehead atoms. The van der Waals surface area contributed by atoms with E-state index in [0.29, 0.717) is 0 Å². The third kappa shape index (κ3) is 3.69. The standard InChI is InChI=1S/C33H29BN2O2/c1-37-24-16-12-21(13-17-24)28-20-29(34-35-30-10-3-6-22-7-4-11-31(36-34)33(22)30)32(27-9-5-8-26(27)28)23-14-18-25(38-2)19-15-23/h3-4,6-7,10-20,35-36H,5,8-9H2,1-2H3. The molecule has 4 nitrogen and oxygen atoms in total. The fourth-order valence-corrected chi connectivity index (χ4v) is 6.24. The van der Waals surface area contributed by atoms with Gasteiger partial charge in [-0.15, -0.1) is 0 Å². The van der Waals surface area contributed by atoms with Gasteiger partial charge in [-0.3, -0.25) is 0 Å². The van der Waals surface area contributed by atoms with Gasteiger partial charge in [-0.2, -0.15) is 0 Å². The number of fused-ring (bicyclic) bond motifs is 1. The molecule has 0 amide bonds. The molecule has 0 radical (unpaired) electrons. The first-order valence-corrected chi connectivity index (χ1v) is 13.3. The van der Waals surface area contributed by atoms with Crippen LogP contribution < -0.4 is 25.4 Å². The predicted octanol–water partition coefficient (Wildman–Crippen LogP) is 6.91. The van der Waals surface area contributed by atoms with Crippen molar-refractivity contribution in [2.45, 2.75) is 19.3 Å². The molecule has 0 aromatic heterocycles. The van der Waals surface area contributed by atoms with E-state index in [1.165, 1.54) is 56.0 Å². The molecule has 7 rings (SSSR count). The Hall–Kier alpha value is -4.38. The van der Waals surface area contributed by atoms with Crippen molar-refractivity contribution in [1.29, 1.82) is 0 Å². The van der Waals surface area contributed by atoms with Gasteiger partial charge in [-0.1, -0.05) is 54.6 Å². The summed E-state index contributed by atoms with van der Waals surface area (Å²) in [5, 5.41) is 10.2. The summed E-state index contributed by atoms with van der Waals surface area (Å²) in [6, 6.07) is 32.4. The number of hydrogen-bond acceptors (Lipinski definition) is 4. The highest BCUT2D eigenvalue weighted by molar-refractivity contribution is 6.81. The van der Waals surface area contributed by atoms with Crippen molar-refractivity contribution in [3.63, 3.8) is 0 Å². The minimum absolute atomic E-state index is 0.0736. The van der Waals surface area contributed by atoms with E-state index < -0.39 is 0 Å². The zero-order valence-corrected chi connectivity index (χ0v) is 21.7. The maximum Gasteiger partial charge on any atom is 0.406 e. The topological polar surface area (TPSA) is 42.5 Å². The van der Waals surface area contributed by atoms with Gasteiger partial charge in [-0.05, 0) is 99.9 Å². The van der Waals surface area contributed by atoms with Gasteiger partial charge >= 0.3 is 6.98 Å². The lowest BCUT2D eigenvalue weighted by Crippen LogP contribution is -2.49. The largest absolute Gasteiger partial charge is 0.497 e. The number of methoxy groups -OCH3 is 2. The number of hydrogen-bond donors (Lipinski definition) is 2. The summed E-state index contributed by atoms with van der Waals surface area (Å²) in [7, 11) is 3.43. The third-order valence-electron chi connectivity index (χ3n) is 8.03. The average Bonchev–Trinajstić information content (AvgIpc) is 3.47. The molecule has 5 aromatic rings. The van der Waals surface area contributed by atoms with Gasteiger partial charge in [0.25, 0.3) is 0 Å². The second-order valence-corrected chi connectivity index (χ2v) is 10.1. The zero-order valence-electron chi connectivity index (χ0n) is 21.7. The van der Waals surface area contributed by atoms with E-state index in [4.69, 9.17) is 9.47 Å². The molecule has 5 aromatic carbocycles. The Labute approximate surface area is 223 Å². The Morgan fingerprint density at radius 2 is 1.24 bits per heavy atom. The number of rotatable bonds is 5. The van der Waals surface area contributed by atoms with Crippen LogP contribution in [0.15, 0.2) is 91.0 Å². The summed E-state index contributed by atoms with van der Waals surface area (Å²) in [6.07, 6.45) is 3.33. The first-order valence-electron chi connectivity index (χ1n) is 13.3. The van der Waals surface area contributed by atoms with E-state index >= 15 is 0 Å². The van der Waals surface area contributed by atoms with Crippen molar-refractivity contribution in [1.82, 2.24) is 0 Å². The van der Waals surface area contributed by atoms with E-state index in [9.17, 15) is 0 Å². The van der Waals surface area contributed by atoms with Crippen LogP contribution in [-0.4, -0.2) is 21.2 Å². The molecule has 0 saturated carbocycles. The fraction of sp³-hybridized carbons (Fsp3) is 0.152.